The predicted octanol–water partition coefficient (Wildman–Crippen LogP) is 3.82. The Hall–Kier alpha value is -1.14. The number of aromatic nitrogens is 1. The summed E-state index contributed by atoms with van der Waals surface area (Å²) < 4.78 is 27.4. The Labute approximate surface area is 134 Å². The van der Waals surface area contributed by atoms with E-state index in [0.29, 0.717) is 11.4 Å². The van der Waals surface area contributed by atoms with Gasteiger partial charge in [0.2, 0.25) is 10.0 Å². The molecular weight excluding hydrogens is 331 g/mol. The molecule has 0 saturated heterocycles. The molecule has 0 bridgehead atoms. The molecule has 2 aromatic rings. The molecule has 112 valence electrons. The van der Waals surface area contributed by atoms with Crippen LogP contribution in [0.4, 0.5) is 0 Å². The van der Waals surface area contributed by atoms with Gasteiger partial charge in [0.05, 0.1) is 4.90 Å². The van der Waals surface area contributed by atoms with Crippen LogP contribution in [0.3, 0.4) is 0 Å². The number of halogens is 2. The molecular formula is C14H14Cl2N2O2S. The zero-order valence-electron chi connectivity index (χ0n) is 11.3. The van der Waals surface area contributed by atoms with Crippen LogP contribution in [0.25, 0.3) is 0 Å². The normalized spacial score (nSPS) is 13.1. The first-order valence-electron chi connectivity index (χ1n) is 6.31. The fourth-order valence-electron chi connectivity index (χ4n) is 1.92. The third-order valence-corrected chi connectivity index (χ3v) is 4.88. The molecule has 0 fully saturated rings. The first-order chi connectivity index (χ1) is 9.92. The van der Waals surface area contributed by atoms with E-state index in [4.69, 9.17) is 23.2 Å². The fraction of sp³-hybridized carbons (Fsp3) is 0.214. The van der Waals surface area contributed by atoms with Gasteiger partial charge in [0.1, 0.15) is 5.15 Å². The van der Waals surface area contributed by atoms with E-state index in [2.05, 4.69) is 9.71 Å². The molecule has 21 heavy (non-hydrogen) atoms. The van der Waals surface area contributed by atoms with Gasteiger partial charge >= 0.3 is 0 Å². The lowest BCUT2D eigenvalue weighted by molar-refractivity contribution is 0.550. The third-order valence-electron chi connectivity index (χ3n) is 2.97. The highest BCUT2D eigenvalue weighted by molar-refractivity contribution is 7.89. The number of nitrogens with one attached hydrogen (secondary N) is 1. The Morgan fingerprint density at radius 2 is 2.00 bits per heavy atom. The molecule has 4 nitrogen and oxygen atoms in total. The molecule has 0 aliphatic rings. The van der Waals surface area contributed by atoms with Gasteiger partial charge in [0, 0.05) is 17.3 Å². The standard InChI is InChI=1S/C14H14Cl2N2O2S/c1-2-13(10-4-3-5-11(15)8-10)18-21(19,20)12-6-7-17-14(16)9-12/h3-9,13,18H,2H2,1H3. The van der Waals surface area contributed by atoms with Gasteiger partial charge in [-0.25, -0.2) is 18.1 Å². The van der Waals surface area contributed by atoms with Crippen LogP contribution in [0.2, 0.25) is 10.2 Å². The van der Waals surface area contributed by atoms with Gasteiger partial charge < -0.3 is 0 Å². The number of hydrogen-bond donors (Lipinski definition) is 1. The summed E-state index contributed by atoms with van der Waals surface area (Å²) in [6.45, 7) is 1.90. The fourth-order valence-corrected chi connectivity index (χ4v) is 3.68. The number of hydrogen-bond acceptors (Lipinski definition) is 3. The molecule has 1 N–H and O–H groups in total. The molecule has 0 spiro atoms. The van der Waals surface area contributed by atoms with Crippen LogP contribution >= 0.6 is 23.2 Å². The van der Waals surface area contributed by atoms with Crippen molar-refractivity contribution in [2.75, 3.05) is 0 Å². The monoisotopic (exact) mass is 344 g/mol. The molecule has 2 rings (SSSR count). The zero-order chi connectivity index (χ0) is 15.5. The van der Waals surface area contributed by atoms with Crippen molar-refractivity contribution in [1.82, 2.24) is 9.71 Å². The van der Waals surface area contributed by atoms with Crippen LogP contribution in [0.15, 0.2) is 47.5 Å². The quantitative estimate of drug-likeness (QED) is 0.838. The number of nitrogens with zero attached hydrogens (tertiary/aromatic N) is 1. The van der Waals surface area contributed by atoms with Gasteiger partial charge in [-0.1, -0.05) is 42.3 Å². The van der Waals surface area contributed by atoms with E-state index in [0.717, 1.165) is 5.56 Å². The van der Waals surface area contributed by atoms with E-state index in [1.165, 1.54) is 18.3 Å². The SMILES string of the molecule is CCC(NS(=O)(=O)c1ccnc(Cl)c1)c1cccc(Cl)c1. The number of rotatable bonds is 5. The van der Waals surface area contributed by atoms with Crippen LogP contribution in [0.1, 0.15) is 24.9 Å². The molecule has 0 saturated carbocycles. The Bertz CT molecular complexity index is 735. The van der Waals surface area contributed by atoms with E-state index in [9.17, 15) is 8.42 Å². The Morgan fingerprint density at radius 3 is 2.62 bits per heavy atom. The highest BCUT2D eigenvalue weighted by Crippen LogP contribution is 2.23. The topological polar surface area (TPSA) is 59.1 Å². The average molecular weight is 345 g/mol. The van der Waals surface area contributed by atoms with Gasteiger partial charge in [0.15, 0.2) is 0 Å². The van der Waals surface area contributed by atoms with E-state index in [1.807, 2.05) is 13.0 Å². The zero-order valence-corrected chi connectivity index (χ0v) is 13.6. The summed E-state index contributed by atoms with van der Waals surface area (Å²) in [6.07, 6.45) is 1.95. The first-order valence-corrected chi connectivity index (χ1v) is 8.55. The van der Waals surface area contributed by atoms with E-state index >= 15 is 0 Å². The molecule has 0 radical (unpaired) electrons. The van der Waals surface area contributed by atoms with Gasteiger partial charge in [-0.2, -0.15) is 0 Å². The molecule has 1 aromatic carbocycles. The molecule has 0 aliphatic heterocycles. The maximum Gasteiger partial charge on any atom is 0.241 e. The molecule has 7 heteroatoms. The third kappa shape index (κ3) is 4.17. The Balaban J connectivity index is 2.29. The van der Waals surface area contributed by atoms with Gasteiger partial charge in [-0.05, 0) is 36.2 Å². The molecule has 0 aliphatic carbocycles. The van der Waals surface area contributed by atoms with Gasteiger partial charge in [0.25, 0.3) is 0 Å². The van der Waals surface area contributed by atoms with Gasteiger partial charge in [-0.3, -0.25) is 0 Å². The maximum atomic E-state index is 12.4. The average Bonchev–Trinajstić information content (AvgIpc) is 2.45. The van der Waals surface area contributed by atoms with Crippen molar-refractivity contribution >= 4 is 33.2 Å². The molecule has 1 heterocycles. The highest BCUT2D eigenvalue weighted by Gasteiger charge is 2.20. The van der Waals surface area contributed by atoms with Crippen LogP contribution in [-0.2, 0) is 10.0 Å². The number of pyridine rings is 1. The van der Waals surface area contributed by atoms with E-state index in [-0.39, 0.29) is 16.1 Å². The molecule has 0 amide bonds. The largest absolute Gasteiger partial charge is 0.244 e. The lowest BCUT2D eigenvalue weighted by Gasteiger charge is -2.18. The summed E-state index contributed by atoms with van der Waals surface area (Å²) >= 11 is 11.7. The van der Waals surface area contributed by atoms with Crippen molar-refractivity contribution in [1.29, 1.82) is 0 Å². The summed E-state index contributed by atoms with van der Waals surface area (Å²) in [6, 6.07) is 9.47. The minimum Gasteiger partial charge on any atom is -0.244 e. The van der Waals surface area contributed by atoms with Crippen molar-refractivity contribution in [2.45, 2.75) is 24.3 Å². The summed E-state index contributed by atoms with van der Waals surface area (Å²) in [5.74, 6) is 0. The van der Waals surface area contributed by atoms with Crippen molar-refractivity contribution in [3.05, 3.63) is 58.3 Å². The van der Waals surface area contributed by atoms with Crippen molar-refractivity contribution in [3.8, 4) is 0 Å². The summed E-state index contributed by atoms with van der Waals surface area (Å²) in [7, 11) is -3.67. The second-order valence-electron chi connectivity index (χ2n) is 4.45. The minimum atomic E-state index is -3.67. The van der Waals surface area contributed by atoms with Crippen molar-refractivity contribution < 1.29 is 8.42 Å². The van der Waals surface area contributed by atoms with Gasteiger partial charge in [-0.15, -0.1) is 0 Å². The minimum absolute atomic E-state index is 0.0861. The molecule has 1 atom stereocenters. The smallest absolute Gasteiger partial charge is 0.241 e. The van der Waals surface area contributed by atoms with E-state index in [1.54, 1.807) is 18.2 Å². The predicted molar refractivity (Wildman–Crippen MR) is 84.1 cm³/mol. The number of sulfonamides is 1. The summed E-state index contributed by atoms with van der Waals surface area (Å²) in [5.41, 5.74) is 0.814. The maximum absolute atomic E-state index is 12.4. The number of benzene rings is 1. The summed E-state index contributed by atoms with van der Waals surface area (Å²) in [4.78, 5) is 3.86. The first kappa shape index (κ1) is 16.2. The Morgan fingerprint density at radius 1 is 1.24 bits per heavy atom. The lowest BCUT2D eigenvalue weighted by Crippen LogP contribution is -2.28. The summed E-state index contributed by atoms with van der Waals surface area (Å²) in [5, 5.41) is 0.700. The second kappa shape index (κ2) is 6.75. The van der Waals surface area contributed by atoms with E-state index < -0.39 is 10.0 Å². The lowest BCUT2D eigenvalue weighted by atomic mass is 10.1. The van der Waals surface area contributed by atoms with Crippen LogP contribution < -0.4 is 4.72 Å². The van der Waals surface area contributed by atoms with Crippen molar-refractivity contribution in [2.24, 2.45) is 0 Å². The highest BCUT2D eigenvalue weighted by atomic mass is 35.5. The van der Waals surface area contributed by atoms with Crippen LogP contribution in [0.5, 0.6) is 0 Å². The van der Waals surface area contributed by atoms with Crippen molar-refractivity contribution in [3.63, 3.8) is 0 Å². The molecule has 1 aromatic heterocycles. The second-order valence-corrected chi connectivity index (χ2v) is 6.99. The molecule has 1 unspecified atom stereocenters. The van der Waals surface area contributed by atoms with Crippen LogP contribution in [0, 0.1) is 0 Å². The Kier molecular flexibility index (Phi) is 5.22. The van der Waals surface area contributed by atoms with Crippen LogP contribution in [-0.4, -0.2) is 13.4 Å².